The van der Waals surface area contributed by atoms with E-state index in [-0.39, 0.29) is 0 Å². The van der Waals surface area contributed by atoms with Crippen molar-refractivity contribution in [3.05, 3.63) is 30.6 Å². The van der Waals surface area contributed by atoms with E-state index in [1.165, 1.54) is 18.4 Å². The van der Waals surface area contributed by atoms with Crippen LogP contribution in [0, 0.1) is 5.92 Å². The van der Waals surface area contributed by atoms with Gasteiger partial charge in [0.15, 0.2) is 0 Å². The summed E-state index contributed by atoms with van der Waals surface area (Å²) >= 11 is 0. The van der Waals surface area contributed by atoms with Gasteiger partial charge in [0.2, 0.25) is 0 Å². The minimum absolute atomic E-state index is 0.640. The van der Waals surface area contributed by atoms with Crippen LogP contribution in [0.2, 0.25) is 0 Å². The lowest BCUT2D eigenvalue weighted by molar-refractivity contribution is 0.182. The molecule has 0 amide bonds. The van der Waals surface area contributed by atoms with Crippen LogP contribution in [0.3, 0.4) is 0 Å². The molecule has 1 aromatic carbocycles. The molecule has 1 heterocycles. The molecule has 0 aliphatic heterocycles. The van der Waals surface area contributed by atoms with E-state index in [1.54, 1.807) is 0 Å². The minimum atomic E-state index is 0.640. The molecule has 90 valence electrons. The number of aromatic nitrogens is 2. The molecule has 2 unspecified atom stereocenters. The molecule has 1 saturated carbocycles. The van der Waals surface area contributed by atoms with Crippen molar-refractivity contribution in [3.63, 3.8) is 0 Å². The van der Waals surface area contributed by atoms with Crippen LogP contribution in [0.1, 0.15) is 25.8 Å². The van der Waals surface area contributed by atoms with Crippen LogP contribution in [-0.4, -0.2) is 22.6 Å². The summed E-state index contributed by atoms with van der Waals surface area (Å²) in [6.07, 6.45) is 4.63. The fourth-order valence-electron chi connectivity index (χ4n) is 2.73. The van der Waals surface area contributed by atoms with Gasteiger partial charge in [0.25, 0.3) is 0 Å². The molecular formula is C14H19N3. The smallest absolute Gasteiger partial charge is 0.0961 e. The van der Waals surface area contributed by atoms with Gasteiger partial charge in [-0.25, -0.2) is 4.98 Å². The molecule has 1 aliphatic rings. The predicted octanol–water partition coefficient (Wildman–Crippen LogP) is 2.60. The lowest BCUT2D eigenvalue weighted by Gasteiger charge is -2.38. The third kappa shape index (κ3) is 1.84. The van der Waals surface area contributed by atoms with E-state index >= 15 is 0 Å². The highest BCUT2D eigenvalue weighted by atomic mass is 15.1. The third-order valence-corrected chi connectivity index (χ3v) is 3.87. The molecule has 1 N–H and O–H groups in total. The minimum Gasteiger partial charge on any atom is -0.327 e. The van der Waals surface area contributed by atoms with Gasteiger partial charge in [0.1, 0.15) is 0 Å². The van der Waals surface area contributed by atoms with Crippen molar-refractivity contribution in [1.29, 1.82) is 0 Å². The highest BCUT2D eigenvalue weighted by Crippen LogP contribution is 2.39. The first kappa shape index (κ1) is 10.8. The summed E-state index contributed by atoms with van der Waals surface area (Å²) < 4.78 is 2.36. The zero-order valence-corrected chi connectivity index (χ0v) is 10.3. The topological polar surface area (TPSA) is 29.9 Å². The average Bonchev–Trinajstić information content (AvgIpc) is 2.73. The van der Waals surface area contributed by atoms with Crippen molar-refractivity contribution >= 4 is 11.0 Å². The van der Waals surface area contributed by atoms with Gasteiger partial charge in [-0.15, -0.1) is 0 Å². The van der Waals surface area contributed by atoms with Gasteiger partial charge in [0.05, 0.1) is 17.4 Å². The van der Waals surface area contributed by atoms with Gasteiger partial charge in [-0.1, -0.05) is 19.1 Å². The fourth-order valence-corrected chi connectivity index (χ4v) is 2.73. The molecule has 3 rings (SSSR count). The van der Waals surface area contributed by atoms with E-state index in [1.807, 2.05) is 6.33 Å². The largest absolute Gasteiger partial charge is 0.327 e. The zero-order chi connectivity index (χ0) is 11.7. The quantitative estimate of drug-likeness (QED) is 0.873. The first-order valence-electron chi connectivity index (χ1n) is 6.52. The van der Waals surface area contributed by atoms with Gasteiger partial charge in [-0.2, -0.15) is 0 Å². The van der Waals surface area contributed by atoms with Gasteiger partial charge < -0.3 is 9.88 Å². The SMILES string of the molecule is CCNCC1CCC1n1cnc2ccccc21. The predicted molar refractivity (Wildman–Crippen MR) is 70.0 cm³/mol. The summed E-state index contributed by atoms with van der Waals surface area (Å²) in [5.41, 5.74) is 2.39. The van der Waals surface area contributed by atoms with Crippen LogP contribution >= 0.6 is 0 Å². The summed E-state index contributed by atoms with van der Waals surface area (Å²) in [6.45, 7) is 4.36. The summed E-state index contributed by atoms with van der Waals surface area (Å²) in [5.74, 6) is 0.771. The van der Waals surface area contributed by atoms with E-state index in [9.17, 15) is 0 Å². The van der Waals surface area contributed by atoms with Gasteiger partial charge in [0, 0.05) is 6.04 Å². The second-order valence-corrected chi connectivity index (χ2v) is 4.85. The van der Waals surface area contributed by atoms with Crippen LogP contribution in [-0.2, 0) is 0 Å². The van der Waals surface area contributed by atoms with Crippen molar-refractivity contribution in [1.82, 2.24) is 14.9 Å². The molecule has 17 heavy (non-hydrogen) atoms. The molecule has 3 nitrogen and oxygen atoms in total. The number of benzene rings is 1. The third-order valence-electron chi connectivity index (χ3n) is 3.87. The zero-order valence-electron chi connectivity index (χ0n) is 10.3. The highest BCUT2D eigenvalue weighted by molar-refractivity contribution is 5.75. The summed E-state index contributed by atoms with van der Waals surface area (Å²) in [5, 5.41) is 3.46. The second kappa shape index (κ2) is 4.49. The molecule has 0 spiro atoms. The maximum absolute atomic E-state index is 4.48. The van der Waals surface area contributed by atoms with Crippen LogP contribution in [0.4, 0.5) is 0 Å². The monoisotopic (exact) mass is 229 g/mol. The van der Waals surface area contributed by atoms with Gasteiger partial charge in [-0.3, -0.25) is 0 Å². The molecule has 1 fully saturated rings. The Bertz CT molecular complexity index is 503. The Hall–Kier alpha value is -1.35. The maximum Gasteiger partial charge on any atom is 0.0961 e. The summed E-state index contributed by atoms with van der Waals surface area (Å²) in [6, 6.07) is 9.05. The van der Waals surface area contributed by atoms with E-state index < -0.39 is 0 Å². The van der Waals surface area contributed by atoms with E-state index in [0.29, 0.717) is 6.04 Å². The van der Waals surface area contributed by atoms with Crippen molar-refractivity contribution in [2.45, 2.75) is 25.8 Å². The van der Waals surface area contributed by atoms with E-state index in [2.05, 4.69) is 46.1 Å². The number of para-hydroxylation sites is 2. The maximum atomic E-state index is 4.48. The lowest BCUT2D eigenvalue weighted by Crippen LogP contribution is -2.36. The number of fused-ring (bicyclic) bond motifs is 1. The fraction of sp³-hybridized carbons (Fsp3) is 0.500. The van der Waals surface area contributed by atoms with Gasteiger partial charge in [-0.05, 0) is 44.0 Å². The number of nitrogens with zero attached hydrogens (tertiary/aromatic N) is 2. The Morgan fingerprint density at radius 3 is 3.00 bits per heavy atom. The molecule has 3 heteroatoms. The second-order valence-electron chi connectivity index (χ2n) is 4.85. The standard InChI is InChI=1S/C14H19N3/c1-2-15-9-11-7-8-13(11)17-10-16-12-5-3-4-6-14(12)17/h3-6,10-11,13,15H,2,7-9H2,1H3. The van der Waals surface area contributed by atoms with Crippen LogP contribution < -0.4 is 5.32 Å². The number of hydrogen-bond donors (Lipinski definition) is 1. The van der Waals surface area contributed by atoms with Crippen molar-refractivity contribution in [2.75, 3.05) is 13.1 Å². The van der Waals surface area contributed by atoms with E-state index in [4.69, 9.17) is 0 Å². The van der Waals surface area contributed by atoms with E-state index in [0.717, 1.165) is 24.5 Å². The molecular weight excluding hydrogens is 210 g/mol. The molecule has 2 aromatic rings. The van der Waals surface area contributed by atoms with Crippen molar-refractivity contribution < 1.29 is 0 Å². The Balaban J connectivity index is 1.84. The number of hydrogen-bond acceptors (Lipinski definition) is 2. The number of nitrogens with one attached hydrogen (secondary N) is 1. The number of rotatable bonds is 4. The Labute approximate surface area is 102 Å². The number of imidazole rings is 1. The lowest BCUT2D eigenvalue weighted by atomic mass is 9.79. The summed E-state index contributed by atoms with van der Waals surface area (Å²) in [7, 11) is 0. The Morgan fingerprint density at radius 2 is 2.24 bits per heavy atom. The highest BCUT2D eigenvalue weighted by Gasteiger charge is 2.32. The molecule has 0 saturated heterocycles. The Morgan fingerprint density at radius 1 is 1.35 bits per heavy atom. The van der Waals surface area contributed by atoms with Crippen LogP contribution in [0.5, 0.6) is 0 Å². The van der Waals surface area contributed by atoms with Gasteiger partial charge >= 0.3 is 0 Å². The molecule has 0 bridgehead atoms. The molecule has 2 atom stereocenters. The van der Waals surface area contributed by atoms with Crippen molar-refractivity contribution in [2.24, 2.45) is 5.92 Å². The summed E-state index contributed by atoms with van der Waals surface area (Å²) in [4.78, 5) is 4.48. The molecule has 1 aliphatic carbocycles. The first-order valence-corrected chi connectivity index (χ1v) is 6.52. The van der Waals surface area contributed by atoms with Crippen LogP contribution in [0.25, 0.3) is 11.0 Å². The molecule has 0 radical (unpaired) electrons. The normalized spacial score (nSPS) is 23.8. The molecule has 1 aromatic heterocycles. The Kier molecular flexibility index (Phi) is 2.85. The van der Waals surface area contributed by atoms with Crippen LogP contribution in [0.15, 0.2) is 30.6 Å². The van der Waals surface area contributed by atoms with Crippen molar-refractivity contribution in [3.8, 4) is 0 Å². The first-order chi connectivity index (χ1) is 8.40. The average molecular weight is 229 g/mol.